The van der Waals surface area contributed by atoms with Crippen LogP contribution in [0.1, 0.15) is 53.0 Å². The normalized spacial score (nSPS) is 14.3. The van der Waals surface area contributed by atoms with Crippen LogP contribution in [0.15, 0.2) is 53.4 Å². The first-order chi connectivity index (χ1) is 16.3. The Hall–Kier alpha value is -3.17. The first-order valence-electron chi connectivity index (χ1n) is 11.4. The van der Waals surface area contributed by atoms with Crippen LogP contribution in [0.4, 0.5) is 0 Å². The van der Waals surface area contributed by atoms with Crippen LogP contribution < -0.4 is 14.8 Å². The number of hydrogen-bond donors (Lipinski definition) is 2. The van der Waals surface area contributed by atoms with E-state index < -0.39 is 10.0 Å². The van der Waals surface area contributed by atoms with Crippen molar-refractivity contribution in [3.8, 4) is 11.4 Å². The molecule has 2 N–H and O–H groups in total. The third-order valence-corrected chi connectivity index (χ3v) is 7.80. The lowest BCUT2D eigenvalue weighted by atomic mass is 10.1. The van der Waals surface area contributed by atoms with Crippen LogP contribution in [0.5, 0.6) is 5.75 Å². The van der Waals surface area contributed by atoms with Crippen LogP contribution in [0, 0.1) is 13.8 Å². The minimum absolute atomic E-state index is 0.0289. The number of aromatic nitrogens is 2. The maximum Gasteiger partial charge on any atom is 0.251 e. The summed E-state index contributed by atoms with van der Waals surface area (Å²) in [5.74, 6) is -0.163. The Morgan fingerprint density at radius 2 is 1.82 bits per heavy atom. The molecule has 1 amide bonds. The molecular formula is C25H30N4O4S. The number of sulfonamides is 1. The van der Waals surface area contributed by atoms with Crippen LogP contribution in [0.25, 0.3) is 5.69 Å². The van der Waals surface area contributed by atoms with Gasteiger partial charge in [-0.05, 0) is 57.0 Å². The van der Waals surface area contributed by atoms with Crippen molar-refractivity contribution in [1.29, 1.82) is 0 Å². The first kappa shape index (κ1) is 24.0. The molecule has 0 spiro atoms. The standard InChI is InChI=1S/C25H30N4O4S/c1-17-22(18(2)29(27-17)21-11-5-4-6-12-21)16-26-25(30)19-13-14-23(33-3)24(15-19)34(31,32)28-20-9-7-8-10-20/h4-6,11-15,20,28H,7-10,16H2,1-3H3,(H,26,30). The van der Waals surface area contributed by atoms with Gasteiger partial charge in [0, 0.05) is 29.4 Å². The highest BCUT2D eigenvalue weighted by molar-refractivity contribution is 7.89. The van der Waals surface area contributed by atoms with Crippen LogP contribution in [0.2, 0.25) is 0 Å². The number of rotatable bonds is 8. The van der Waals surface area contributed by atoms with Gasteiger partial charge in [0.25, 0.3) is 5.91 Å². The van der Waals surface area contributed by atoms with Gasteiger partial charge < -0.3 is 10.1 Å². The van der Waals surface area contributed by atoms with E-state index in [4.69, 9.17) is 4.74 Å². The predicted octanol–water partition coefficient (Wildman–Crippen LogP) is 3.65. The van der Waals surface area contributed by atoms with Crippen LogP contribution in [0.3, 0.4) is 0 Å². The summed E-state index contributed by atoms with van der Waals surface area (Å²) in [5, 5.41) is 7.51. The number of methoxy groups -OCH3 is 1. The second-order valence-corrected chi connectivity index (χ2v) is 10.2. The lowest BCUT2D eigenvalue weighted by Crippen LogP contribution is -2.33. The number of amides is 1. The summed E-state index contributed by atoms with van der Waals surface area (Å²) in [7, 11) is -2.40. The third kappa shape index (κ3) is 5.00. The number of para-hydroxylation sites is 1. The number of benzene rings is 2. The zero-order valence-electron chi connectivity index (χ0n) is 19.7. The van der Waals surface area contributed by atoms with Gasteiger partial charge in [-0.15, -0.1) is 0 Å². The van der Waals surface area contributed by atoms with Gasteiger partial charge in [0.15, 0.2) is 0 Å². The fourth-order valence-electron chi connectivity index (χ4n) is 4.38. The highest BCUT2D eigenvalue weighted by Crippen LogP contribution is 2.27. The summed E-state index contributed by atoms with van der Waals surface area (Å²) >= 11 is 0. The summed E-state index contributed by atoms with van der Waals surface area (Å²) in [6.07, 6.45) is 3.65. The molecule has 8 nitrogen and oxygen atoms in total. The molecule has 0 radical (unpaired) electrons. The second-order valence-electron chi connectivity index (χ2n) is 8.55. The number of nitrogens with one attached hydrogen (secondary N) is 2. The van der Waals surface area contributed by atoms with Crippen molar-refractivity contribution in [1.82, 2.24) is 19.8 Å². The molecule has 9 heteroatoms. The van der Waals surface area contributed by atoms with Gasteiger partial charge in [0.2, 0.25) is 10.0 Å². The van der Waals surface area contributed by atoms with Crippen molar-refractivity contribution in [2.24, 2.45) is 0 Å². The van der Waals surface area contributed by atoms with E-state index in [2.05, 4.69) is 15.1 Å². The molecule has 1 fully saturated rings. The molecule has 0 atom stereocenters. The molecule has 2 aromatic carbocycles. The zero-order valence-corrected chi connectivity index (χ0v) is 20.5. The molecule has 180 valence electrons. The smallest absolute Gasteiger partial charge is 0.251 e. The van der Waals surface area contributed by atoms with E-state index in [9.17, 15) is 13.2 Å². The van der Waals surface area contributed by atoms with Gasteiger partial charge in [-0.2, -0.15) is 5.10 Å². The van der Waals surface area contributed by atoms with Crippen molar-refractivity contribution >= 4 is 15.9 Å². The van der Waals surface area contributed by atoms with Crippen molar-refractivity contribution in [3.05, 3.63) is 71.0 Å². The van der Waals surface area contributed by atoms with Gasteiger partial charge in [-0.25, -0.2) is 17.8 Å². The maximum absolute atomic E-state index is 13.0. The van der Waals surface area contributed by atoms with Crippen LogP contribution >= 0.6 is 0 Å². The van der Waals surface area contributed by atoms with Crippen molar-refractivity contribution in [2.75, 3.05) is 7.11 Å². The summed E-state index contributed by atoms with van der Waals surface area (Å²) in [6.45, 7) is 4.14. The van der Waals surface area contributed by atoms with E-state index in [0.29, 0.717) is 0 Å². The van der Waals surface area contributed by atoms with Gasteiger partial charge in [-0.3, -0.25) is 4.79 Å². The highest BCUT2D eigenvalue weighted by atomic mass is 32.2. The van der Waals surface area contributed by atoms with Crippen LogP contribution in [-0.4, -0.2) is 37.3 Å². The number of hydrogen-bond acceptors (Lipinski definition) is 5. The minimum atomic E-state index is -3.82. The highest BCUT2D eigenvalue weighted by Gasteiger charge is 2.26. The Bertz CT molecular complexity index is 1280. The van der Waals surface area contributed by atoms with Crippen molar-refractivity contribution in [2.45, 2.75) is 57.0 Å². The lowest BCUT2D eigenvalue weighted by Gasteiger charge is -2.16. The molecule has 0 bridgehead atoms. The molecule has 1 aliphatic carbocycles. The predicted molar refractivity (Wildman–Crippen MR) is 130 cm³/mol. The monoisotopic (exact) mass is 482 g/mol. The number of ether oxygens (including phenoxy) is 1. The first-order valence-corrected chi connectivity index (χ1v) is 12.9. The molecule has 0 saturated heterocycles. The summed E-state index contributed by atoms with van der Waals surface area (Å²) in [4.78, 5) is 12.9. The topological polar surface area (TPSA) is 102 Å². The SMILES string of the molecule is COc1ccc(C(=O)NCc2c(C)nn(-c3ccccc3)c2C)cc1S(=O)(=O)NC1CCCC1. The number of carbonyl (C=O) groups excluding carboxylic acids is 1. The van der Waals surface area contributed by atoms with Gasteiger partial charge in [-0.1, -0.05) is 31.0 Å². The summed E-state index contributed by atoms with van der Waals surface area (Å²) in [6, 6.07) is 14.2. The van der Waals surface area contributed by atoms with Gasteiger partial charge in [0.05, 0.1) is 18.5 Å². The lowest BCUT2D eigenvalue weighted by molar-refractivity contribution is 0.0950. The van der Waals surface area contributed by atoms with Gasteiger partial charge >= 0.3 is 0 Å². The Morgan fingerprint density at radius 1 is 1.12 bits per heavy atom. The van der Waals surface area contributed by atoms with E-state index in [1.54, 1.807) is 6.07 Å². The Labute approximate surface area is 200 Å². The Kier molecular flexibility index (Phi) is 7.04. The van der Waals surface area contributed by atoms with E-state index in [-0.39, 0.29) is 34.7 Å². The molecule has 4 rings (SSSR count). The average molecular weight is 483 g/mol. The molecule has 1 aliphatic rings. The van der Waals surface area contributed by atoms with E-state index in [0.717, 1.165) is 48.3 Å². The molecule has 1 saturated carbocycles. The fraction of sp³-hybridized carbons (Fsp3) is 0.360. The number of aryl methyl sites for hydroxylation is 1. The van der Waals surface area contributed by atoms with Crippen LogP contribution in [-0.2, 0) is 16.6 Å². The Morgan fingerprint density at radius 3 is 2.50 bits per heavy atom. The molecule has 0 unspecified atom stereocenters. The molecular weight excluding hydrogens is 452 g/mol. The zero-order chi connectivity index (χ0) is 24.3. The third-order valence-electron chi connectivity index (χ3n) is 6.26. The molecule has 0 aliphatic heterocycles. The number of carbonyl (C=O) groups is 1. The molecule has 1 heterocycles. The molecule has 3 aromatic rings. The maximum atomic E-state index is 13.0. The van der Waals surface area contributed by atoms with Crippen molar-refractivity contribution in [3.63, 3.8) is 0 Å². The summed E-state index contributed by atoms with van der Waals surface area (Å²) in [5.41, 5.74) is 3.86. The average Bonchev–Trinajstić information content (AvgIpc) is 3.44. The molecule has 1 aromatic heterocycles. The molecule has 34 heavy (non-hydrogen) atoms. The largest absolute Gasteiger partial charge is 0.495 e. The second kappa shape index (κ2) is 9.99. The van der Waals surface area contributed by atoms with Gasteiger partial charge in [0.1, 0.15) is 10.6 Å². The minimum Gasteiger partial charge on any atom is -0.495 e. The van der Waals surface area contributed by atoms with Crippen molar-refractivity contribution < 1.29 is 17.9 Å². The quantitative estimate of drug-likeness (QED) is 0.510. The van der Waals surface area contributed by atoms with E-state index >= 15 is 0 Å². The fourth-order valence-corrected chi connectivity index (χ4v) is 5.88. The Balaban J connectivity index is 1.53. The summed E-state index contributed by atoms with van der Waals surface area (Å²) < 4.78 is 35.9. The van der Waals surface area contributed by atoms with E-state index in [1.165, 1.54) is 19.2 Å². The van der Waals surface area contributed by atoms with E-state index in [1.807, 2.05) is 48.9 Å². The number of nitrogens with zero attached hydrogens (tertiary/aromatic N) is 2.